The van der Waals surface area contributed by atoms with E-state index >= 15 is 0 Å². The molecule has 3 heteroatoms. The number of ether oxygens (including phenoxy) is 1. The molecule has 1 aliphatic rings. The maximum absolute atomic E-state index is 6.18. The van der Waals surface area contributed by atoms with E-state index in [1.807, 2.05) is 12.1 Å². The highest BCUT2D eigenvalue weighted by Crippen LogP contribution is 2.18. The van der Waals surface area contributed by atoms with Crippen LogP contribution in [0.15, 0.2) is 24.3 Å². The molecule has 0 aliphatic carbocycles. The maximum atomic E-state index is 6.18. The molecule has 0 saturated carbocycles. The molecule has 1 aliphatic heterocycles. The van der Waals surface area contributed by atoms with Crippen LogP contribution in [-0.4, -0.2) is 31.6 Å². The highest BCUT2D eigenvalue weighted by atomic mass is 16.5. The van der Waals surface area contributed by atoms with Crippen LogP contribution >= 0.6 is 0 Å². The fourth-order valence-corrected chi connectivity index (χ4v) is 2.20. The Kier molecular flexibility index (Phi) is 3.80. The molecule has 1 atom stereocenters. The Bertz CT molecular complexity index is 317. The van der Waals surface area contributed by atoms with Crippen molar-refractivity contribution in [1.82, 2.24) is 4.90 Å². The van der Waals surface area contributed by atoms with Crippen molar-refractivity contribution in [2.75, 3.05) is 26.7 Å². The number of hydrogen-bond donors (Lipinski definition) is 1. The molecule has 2 rings (SSSR count). The van der Waals surface area contributed by atoms with E-state index < -0.39 is 0 Å². The van der Waals surface area contributed by atoms with E-state index in [4.69, 9.17) is 10.5 Å². The molecule has 1 aromatic carbocycles. The van der Waals surface area contributed by atoms with Crippen LogP contribution in [0.3, 0.4) is 0 Å². The quantitative estimate of drug-likeness (QED) is 0.840. The lowest BCUT2D eigenvalue weighted by molar-refractivity contribution is 0.316. The van der Waals surface area contributed by atoms with Crippen molar-refractivity contribution in [1.29, 1.82) is 0 Å². The fraction of sp³-hybridized carbons (Fsp3) is 0.538. The third kappa shape index (κ3) is 2.74. The molecule has 88 valence electrons. The molecular weight excluding hydrogens is 200 g/mol. The number of nitrogens with two attached hydrogens (primary N) is 1. The molecular formula is C13H20N2O. The second-order valence-corrected chi connectivity index (χ2v) is 4.39. The van der Waals surface area contributed by atoms with Gasteiger partial charge < -0.3 is 15.4 Å². The van der Waals surface area contributed by atoms with Crippen LogP contribution in [0.4, 0.5) is 0 Å². The summed E-state index contributed by atoms with van der Waals surface area (Å²) in [6, 6.07) is 8.17. The van der Waals surface area contributed by atoms with Crippen molar-refractivity contribution in [2.24, 2.45) is 5.73 Å². The molecule has 1 unspecified atom stereocenters. The molecule has 1 aromatic rings. The van der Waals surface area contributed by atoms with Crippen LogP contribution in [0.25, 0.3) is 0 Å². The Morgan fingerprint density at radius 3 is 2.44 bits per heavy atom. The van der Waals surface area contributed by atoms with E-state index in [9.17, 15) is 0 Å². The van der Waals surface area contributed by atoms with Gasteiger partial charge in [0.2, 0.25) is 0 Å². The van der Waals surface area contributed by atoms with E-state index in [1.54, 1.807) is 7.11 Å². The highest BCUT2D eigenvalue weighted by molar-refractivity contribution is 5.29. The van der Waals surface area contributed by atoms with Crippen molar-refractivity contribution < 1.29 is 4.74 Å². The summed E-state index contributed by atoms with van der Waals surface area (Å²) in [5.74, 6) is 0.886. The van der Waals surface area contributed by atoms with Gasteiger partial charge in [-0.15, -0.1) is 0 Å². The predicted molar refractivity (Wildman–Crippen MR) is 65.6 cm³/mol. The molecule has 1 fully saturated rings. The number of nitrogens with zero attached hydrogens (tertiary/aromatic N) is 1. The molecule has 0 amide bonds. The Hall–Kier alpha value is -1.06. The minimum absolute atomic E-state index is 0.115. The van der Waals surface area contributed by atoms with Gasteiger partial charge in [0.25, 0.3) is 0 Å². The normalized spacial score (nSPS) is 18.6. The Balaban J connectivity index is 1.94. The molecule has 0 bridgehead atoms. The first kappa shape index (κ1) is 11.4. The van der Waals surface area contributed by atoms with Crippen molar-refractivity contribution >= 4 is 0 Å². The van der Waals surface area contributed by atoms with Gasteiger partial charge in [-0.05, 0) is 43.6 Å². The van der Waals surface area contributed by atoms with E-state index in [2.05, 4.69) is 17.0 Å². The van der Waals surface area contributed by atoms with Crippen LogP contribution in [0.2, 0.25) is 0 Å². The summed E-state index contributed by atoms with van der Waals surface area (Å²) in [7, 11) is 1.68. The third-order valence-electron chi connectivity index (χ3n) is 3.20. The van der Waals surface area contributed by atoms with Gasteiger partial charge >= 0.3 is 0 Å². The van der Waals surface area contributed by atoms with E-state index in [1.165, 1.54) is 31.5 Å². The zero-order valence-corrected chi connectivity index (χ0v) is 9.86. The third-order valence-corrected chi connectivity index (χ3v) is 3.20. The maximum Gasteiger partial charge on any atom is 0.118 e. The lowest BCUT2D eigenvalue weighted by Gasteiger charge is -2.20. The van der Waals surface area contributed by atoms with E-state index in [-0.39, 0.29) is 6.04 Å². The van der Waals surface area contributed by atoms with Gasteiger partial charge in [-0.3, -0.25) is 0 Å². The number of rotatable bonds is 4. The molecule has 3 nitrogen and oxygen atoms in total. The van der Waals surface area contributed by atoms with Gasteiger partial charge in [0.1, 0.15) is 5.75 Å². The largest absolute Gasteiger partial charge is 0.497 e. The summed E-state index contributed by atoms with van der Waals surface area (Å²) in [5, 5.41) is 0. The Labute approximate surface area is 97.2 Å². The van der Waals surface area contributed by atoms with Crippen molar-refractivity contribution in [3.05, 3.63) is 29.8 Å². The summed E-state index contributed by atoms with van der Waals surface area (Å²) in [6.45, 7) is 3.36. The molecule has 0 aromatic heterocycles. The standard InChI is InChI=1S/C13H20N2O/c1-16-12-6-4-11(5-7-12)13(14)10-15-8-2-3-9-15/h4-7,13H,2-3,8-10,14H2,1H3. The second-order valence-electron chi connectivity index (χ2n) is 4.39. The van der Waals surface area contributed by atoms with Gasteiger partial charge in [0.05, 0.1) is 7.11 Å². The molecule has 1 heterocycles. The van der Waals surface area contributed by atoms with Crippen molar-refractivity contribution in [2.45, 2.75) is 18.9 Å². The number of methoxy groups -OCH3 is 1. The lowest BCUT2D eigenvalue weighted by Crippen LogP contribution is -2.29. The van der Waals surface area contributed by atoms with Crippen LogP contribution in [0.1, 0.15) is 24.4 Å². The van der Waals surface area contributed by atoms with E-state index in [0.29, 0.717) is 0 Å². The van der Waals surface area contributed by atoms with Crippen molar-refractivity contribution in [3.8, 4) is 5.75 Å². The Morgan fingerprint density at radius 2 is 1.88 bits per heavy atom. The van der Waals surface area contributed by atoms with Crippen LogP contribution in [-0.2, 0) is 0 Å². The Morgan fingerprint density at radius 1 is 1.25 bits per heavy atom. The van der Waals surface area contributed by atoms with Crippen molar-refractivity contribution in [3.63, 3.8) is 0 Å². The van der Waals surface area contributed by atoms with Gasteiger partial charge in [-0.2, -0.15) is 0 Å². The van der Waals surface area contributed by atoms with Crippen LogP contribution < -0.4 is 10.5 Å². The molecule has 16 heavy (non-hydrogen) atoms. The van der Waals surface area contributed by atoms with Gasteiger partial charge in [-0.1, -0.05) is 12.1 Å². The summed E-state index contributed by atoms with van der Waals surface area (Å²) < 4.78 is 5.13. The minimum atomic E-state index is 0.115. The fourth-order valence-electron chi connectivity index (χ4n) is 2.20. The molecule has 1 saturated heterocycles. The zero-order valence-electron chi connectivity index (χ0n) is 9.86. The average Bonchev–Trinajstić information content (AvgIpc) is 2.82. The SMILES string of the molecule is COc1ccc(C(N)CN2CCCC2)cc1. The first-order valence-corrected chi connectivity index (χ1v) is 5.91. The summed E-state index contributed by atoms with van der Waals surface area (Å²) in [4.78, 5) is 2.44. The van der Waals surface area contributed by atoms with E-state index in [0.717, 1.165) is 12.3 Å². The lowest BCUT2D eigenvalue weighted by atomic mass is 10.1. The number of hydrogen-bond acceptors (Lipinski definition) is 3. The minimum Gasteiger partial charge on any atom is -0.497 e. The topological polar surface area (TPSA) is 38.5 Å². The highest BCUT2D eigenvalue weighted by Gasteiger charge is 2.15. The summed E-state index contributed by atoms with van der Waals surface area (Å²) in [5.41, 5.74) is 7.37. The summed E-state index contributed by atoms with van der Waals surface area (Å²) in [6.07, 6.45) is 2.63. The molecule has 2 N–H and O–H groups in total. The van der Waals surface area contributed by atoms with Crippen LogP contribution in [0, 0.1) is 0 Å². The first-order chi connectivity index (χ1) is 7.79. The smallest absolute Gasteiger partial charge is 0.118 e. The number of likely N-dealkylation sites (tertiary alicyclic amines) is 1. The second kappa shape index (κ2) is 5.32. The zero-order chi connectivity index (χ0) is 11.4. The van der Waals surface area contributed by atoms with Gasteiger partial charge in [0.15, 0.2) is 0 Å². The molecule has 0 spiro atoms. The summed E-state index contributed by atoms with van der Waals surface area (Å²) >= 11 is 0. The van der Waals surface area contributed by atoms with Crippen LogP contribution in [0.5, 0.6) is 5.75 Å². The first-order valence-electron chi connectivity index (χ1n) is 5.91. The average molecular weight is 220 g/mol. The van der Waals surface area contributed by atoms with Gasteiger partial charge in [-0.25, -0.2) is 0 Å². The van der Waals surface area contributed by atoms with Gasteiger partial charge in [0, 0.05) is 12.6 Å². The number of benzene rings is 1. The monoisotopic (exact) mass is 220 g/mol. The predicted octanol–water partition coefficient (Wildman–Crippen LogP) is 1.79. The molecule has 0 radical (unpaired) electrons.